The molecule has 0 aliphatic carbocycles. The molecule has 0 atom stereocenters. The van der Waals surface area contributed by atoms with Crippen LogP contribution in [-0.2, 0) is 13.5 Å². The molecule has 3 rings (SSSR count). The summed E-state index contributed by atoms with van der Waals surface area (Å²) in [5.74, 6) is 0.0950. The third-order valence-electron chi connectivity index (χ3n) is 3.66. The molecule has 0 fully saturated rings. The van der Waals surface area contributed by atoms with Crippen LogP contribution in [-0.4, -0.2) is 15.6 Å². The number of ketones is 1. The molecule has 0 saturated carbocycles. The third-order valence-corrected chi connectivity index (χ3v) is 4.16. The van der Waals surface area contributed by atoms with Crippen molar-refractivity contribution in [2.24, 2.45) is 7.05 Å². The number of fused-ring (bicyclic) bond motifs is 1. The summed E-state index contributed by atoms with van der Waals surface area (Å²) in [5, 5.41) is 5.53. The molecule has 0 unspecified atom stereocenters. The van der Waals surface area contributed by atoms with E-state index in [-0.39, 0.29) is 5.78 Å². The van der Waals surface area contributed by atoms with Crippen molar-refractivity contribution < 1.29 is 4.79 Å². The summed E-state index contributed by atoms with van der Waals surface area (Å²) in [6.07, 6.45) is 0.318. The van der Waals surface area contributed by atoms with Gasteiger partial charge in [-0.15, -0.1) is 0 Å². The molecular weight excluding hydrogens is 328 g/mol. The lowest BCUT2D eigenvalue weighted by atomic mass is 10.0. The Morgan fingerprint density at radius 3 is 2.81 bits per heavy atom. The van der Waals surface area contributed by atoms with Gasteiger partial charge in [-0.1, -0.05) is 40.2 Å². The Morgan fingerprint density at radius 2 is 2.00 bits per heavy atom. The molecule has 21 heavy (non-hydrogen) atoms. The summed E-state index contributed by atoms with van der Waals surface area (Å²) in [6.45, 7) is 1.95. The molecule has 0 N–H and O–H groups in total. The zero-order valence-corrected chi connectivity index (χ0v) is 13.5. The van der Waals surface area contributed by atoms with Gasteiger partial charge in [-0.05, 0) is 30.7 Å². The molecule has 1 aromatic heterocycles. The average Bonchev–Trinajstić information content (AvgIpc) is 2.78. The van der Waals surface area contributed by atoms with E-state index in [2.05, 4.69) is 21.0 Å². The summed E-state index contributed by atoms with van der Waals surface area (Å²) in [7, 11) is 1.90. The van der Waals surface area contributed by atoms with Crippen LogP contribution in [0.4, 0.5) is 0 Å². The predicted molar refractivity (Wildman–Crippen MR) is 87.6 cm³/mol. The second-order valence-corrected chi connectivity index (χ2v) is 6.06. The van der Waals surface area contributed by atoms with E-state index in [1.807, 2.05) is 61.1 Å². The van der Waals surface area contributed by atoms with E-state index in [0.29, 0.717) is 6.42 Å². The molecule has 0 aliphatic heterocycles. The van der Waals surface area contributed by atoms with Crippen molar-refractivity contribution in [2.75, 3.05) is 0 Å². The van der Waals surface area contributed by atoms with Crippen LogP contribution < -0.4 is 0 Å². The topological polar surface area (TPSA) is 34.9 Å². The van der Waals surface area contributed by atoms with E-state index in [0.717, 1.165) is 32.2 Å². The van der Waals surface area contributed by atoms with Gasteiger partial charge in [-0.3, -0.25) is 9.48 Å². The van der Waals surface area contributed by atoms with Crippen molar-refractivity contribution in [3.05, 3.63) is 63.8 Å². The van der Waals surface area contributed by atoms with Crippen LogP contribution >= 0.6 is 15.9 Å². The van der Waals surface area contributed by atoms with Crippen LogP contribution in [0.3, 0.4) is 0 Å². The largest absolute Gasteiger partial charge is 0.294 e. The van der Waals surface area contributed by atoms with Crippen LogP contribution in [0.15, 0.2) is 46.9 Å². The molecule has 0 amide bonds. The van der Waals surface area contributed by atoms with Crippen LogP contribution in [0.1, 0.15) is 21.6 Å². The number of Topliss-reactive ketones (excluding diaryl/α,β-unsaturated/α-hetero) is 1. The van der Waals surface area contributed by atoms with Crippen molar-refractivity contribution in [1.82, 2.24) is 9.78 Å². The Hall–Kier alpha value is -1.94. The van der Waals surface area contributed by atoms with Gasteiger partial charge >= 0.3 is 0 Å². The summed E-state index contributed by atoms with van der Waals surface area (Å²) < 4.78 is 2.74. The average molecular weight is 343 g/mol. The Labute approximate surface area is 131 Å². The molecule has 2 aromatic carbocycles. The lowest BCUT2D eigenvalue weighted by Crippen LogP contribution is -2.07. The van der Waals surface area contributed by atoms with E-state index in [9.17, 15) is 4.79 Å². The molecule has 0 radical (unpaired) electrons. The fourth-order valence-electron chi connectivity index (χ4n) is 2.56. The fourth-order valence-corrected chi connectivity index (χ4v) is 2.92. The fraction of sp³-hybridized carbons (Fsp3) is 0.176. The summed E-state index contributed by atoms with van der Waals surface area (Å²) >= 11 is 3.42. The van der Waals surface area contributed by atoms with Gasteiger partial charge in [0.2, 0.25) is 0 Å². The van der Waals surface area contributed by atoms with E-state index < -0.39 is 0 Å². The minimum absolute atomic E-state index is 0.0950. The van der Waals surface area contributed by atoms with Crippen molar-refractivity contribution in [2.45, 2.75) is 13.3 Å². The standard InChI is InChI=1S/C17H15BrN2O/c1-11-7-8-12(18)9-14(11)17(21)10-15-13-5-3-4-6-16(13)20(2)19-15/h3-9H,10H2,1-2H3. The number of carbonyl (C=O) groups excluding carboxylic acids is 1. The third kappa shape index (κ3) is 2.63. The second kappa shape index (κ2) is 5.45. The smallest absolute Gasteiger partial charge is 0.169 e. The van der Waals surface area contributed by atoms with Crippen molar-refractivity contribution in [3.63, 3.8) is 0 Å². The molecular formula is C17H15BrN2O. The lowest BCUT2D eigenvalue weighted by Gasteiger charge is -2.04. The van der Waals surface area contributed by atoms with Gasteiger partial charge < -0.3 is 0 Å². The maximum absolute atomic E-state index is 12.6. The van der Waals surface area contributed by atoms with Crippen LogP contribution in [0.5, 0.6) is 0 Å². The Kier molecular flexibility index (Phi) is 3.64. The van der Waals surface area contributed by atoms with E-state index in [1.54, 1.807) is 0 Å². The summed E-state index contributed by atoms with van der Waals surface area (Å²) in [5.41, 5.74) is 3.62. The normalized spacial score (nSPS) is 11.0. The molecule has 1 heterocycles. The number of carbonyl (C=O) groups is 1. The number of aromatic nitrogens is 2. The number of hydrogen-bond acceptors (Lipinski definition) is 2. The highest BCUT2D eigenvalue weighted by molar-refractivity contribution is 9.10. The highest BCUT2D eigenvalue weighted by atomic mass is 79.9. The number of hydrogen-bond donors (Lipinski definition) is 0. The molecule has 3 aromatic rings. The Bertz CT molecular complexity index is 836. The SMILES string of the molecule is Cc1ccc(Br)cc1C(=O)Cc1nn(C)c2ccccc12. The monoisotopic (exact) mass is 342 g/mol. The molecule has 0 spiro atoms. The first-order valence-corrected chi connectivity index (χ1v) is 7.55. The number of rotatable bonds is 3. The van der Waals surface area contributed by atoms with Gasteiger partial charge in [0, 0.05) is 22.5 Å². The van der Waals surface area contributed by atoms with E-state index in [1.165, 1.54) is 0 Å². The molecule has 0 bridgehead atoms. The maximum Gasteiger partial charge on any atom is 0.169 e. The quantitative estimate of drug-likeness (QED) is 0.672. The summed E-state index contributed by atoms with van der Waals surface area (Å²) in [6, 6.07) is 13.8. The van der Waals surface area contributed by atoms with Gasteiger partial charge in [0.15, 0.2) is 5.78 Å². The second-order valence-electron chi connectivity index (χ2n) is 5.15. The van der Waals surface area contributed by atoms with E-state index >= 15 is 0 Å². The van der Waals surface area contributed by atoms with Crippen molar-refractivity contribution in [3.8, 4) is 0 Å². The molecule has 0 aliphatic rings. The number of benzene rings is 2. The number of halogens is 1. The number of nitrogens with zero attached hydrogens (tertiary/aromatic N) is 2. The molecule has 0 saturated heterocycles. The first kappa shape index (κ1) is 14.0. The molecule has 3 nitrogen and oxygen atoms in total. The zero-order valence-electron chi connectivity index (χ0n) is 11.9. The minimum atomic E-state index is 0.0950. The van der Waals surface area contributed by atoms with Gasteiger partial charge in [0.05, 0.1) is 17.6 Å². The zero-order chi connectivity index (χ0) is 15.0. The van der Waals surface area contributed by atoms with Crippen LogP contribution in [0.2, 0.25) is 0 Å². The van der Waals surface area contributed by atoms with E-state index in [4.69, 9.17) is 0 Å². The summed E-state index contributed by atoms with van der Waals surface area (Å²) in [4.78, 5) is 12.6. The highest BCUT2D eigenvalue weighted by Crippen LogP contribution is 2.21. The first-order chi connectivity index (χ1) is 10.1. The van der Waals surface area contributed by atoms with Crippen LogP contribution in [0, 0.1) is 6.92 Å². The Morgan fingerprint density at radius 1 is 1.24 bits per heavy atom. The van der Waals surface area contributed by atoms with Gasteiger partial charge in [0.1, 0.15) is 0 Å². The van der Waals surface area contributed by atoms with Gasteiger partial charge in [0.25, 0.3) is 0 Å². The molecule has 106 valence electrons. The highest BCUT2D eigenvalue weighted by Gasteiger charge is 2.15. The molecule has 4 heteroatoms. The van der Waals surface area contributed by atoms with Crippen molar-refractivity contribution in [1.29, 1.82) is 0 Å². The van der Waals surface area contributed by atoms with Crippen LogP contribution in [0.25, 0.3) is 10.9 Å². The number of para-hydroxylation sites is 1. The predicted octanol–water partition coefficient (Wildman–Crippen LogP) is 4.07. The Balaban J connectivity index is 1.99. The lowest BCUT2D eigenvalue weighted by molar-refractivity contribution is 0.0991. The minimum Gasteiger partial charge on any atom is -0.294 e. The maximum atomic E-state index is 12.6. The van der Waals surface area contributed by atoms with Crippen molar-refractivity contribution >= 4 is 32.6 Å². The van der Waals surface area contributed by atoms with Gasteiger partial charge in [-0.25, -0.2) is 0 Å². The number of aryl methyl sites for hydroxylation is 2. The van der Waals surface area contributed by atoms with Gasteiger partial charge in [-0.2, -0.15) is 5.10 Å². The first-order valence-electron chi connectivity index (χ1n) is 6.76.